The van der Waals surface area contributed by atoms with Crippen LogP contribution in [0.2, 0.25) is 0 Å². The molecule has 0 radical (unpaired) electrons. The maximum absolute atomic E-state index is 12.8. The molecule has 3 atom stereocenters. The lowest BCUT2D eigenvalue weighted by Gasteiger charge is -2.29. The van der Waals surface area contributed by atoms with E-state index >= 15 is 0 Å². The van der Waals surface area contributed by atoms with Crippen LogP contribution < -0.4 is 10.2 Å². The van der Waals surface area contributed by atoms with Crippen LogP contribution in [0.25, 0.3) is 0 Å². The van der Waals surface area contributed by atoms with Crippen LogP contribution in [0.15, 0.2) is 36.5 Å². The average Bonchev–Trinajstić information content (AvgIpc) is 3.15. The number of nitrogens with zero attached hydrogens (tertiary/aromatic N) is 1. The number of carbonyl (C=O) groups is 1. The molecular weight excluding hydrogens is 719 g/mol. The fraction of sp³-hybridized carbons (Fsp3) is 0.851. The number of phosphoric acid groups is 1. The highest BCUT2D eigenvalue weighted by Crippen LogP contribution is 2.38. The number of nitrogens with one attached hydrogen (secondary N) is 1. The molecule has 0 spiro atoms. The predicted molar refractivity (Wildman–Crippen MR) is 238 cm³/mol. The van der Waals surface area contributed by atoms with Gasteiger partial charge >= 0.3 is 0 Å². The van der Waals surface area contributed by atoms with Crippen molar-refractivity contribution in [1.82, 2.24) is 5.32 Å². The Morgan fingerprint density at radius 2 is 1.04 bits per heavy atom. The number of aliphatic hydroxyl groups is 1. The number of amides is 1. The number of allylic oxidation sites excluding steroid dienone is 5. The molecule has 330 valence electrons. The van der Waals surface area contributed by atoms with E-state index in [2.05, 4.69) is 43.5 Å². The Morgan fingerprint density at radius 3 is 1.48 bits per heavy atom. The summed E-state index contributed by atoms with van der Waals surface area (Å²) in [5, 5.41) is 13.7. The summed E-state index contributed by atoms with van der Waals surface area (Å²) < 4.78 is 23.1. The van der Waals surface area contributed by atoms with Crippen LogP contribution in [0.1, 0.15) is 206 Å². The summed E-state index contributed by atoms with van der Waals surface area (Å²) in [6.07, 6.45) is 47.8. The van der Waals surface area contributed by atoms with Crippen LogP contribution in [-0.2, 0) is 18.4 Å². The predicted octanol–water partition coefficient (Wildman–Crippen LogP) is 12.5. The van der Waals surface area contributed by atoms with Crippen LogP contribution in [0.4, 0.5) is 0 Å². The third-order valence-electron chi connectivity index (χ3n) is 10.3. The number of carbonyl (C=O) groups excluding carboxylic acids is 1. The second-order valence-corrected chi connectivity index (χ2v) is 18.5. The molecule has 0 heterocycles. The standard InChI is InChI=1S/C47H91N2O6P/c1-6-8-10-12-14-16-17-18-19-20-21-22-23-24-25-26-27-28-29-30-31-33-35-37-39-41-47(51)48-45(44-55-56(52,53)54-43-42-49(3,4)5)46(50)40-38-36-34-32-15-13-11-9-7-2/h17-18,20-21,38,40,45-46,50H,6-16,19,22-37,39,41-44H2,1-5H3,(H-,48,51,52,53)/b18-17-,21-20-,40-38+. The van der Waals surface area contributed by atoms with Gasteiger partial charge in [-0.25, -0.2) is 0 Å². The van der Waals surface area contributed by atoms with Crippen molar-refractivity contribution in [2.24, 2.45) is 0 Å². The van der Waals surface area contributed by atoms with E-state index in [-0.39, 0.29) is 19.1 Å². The smallest absolute Gasteiger partial charge is 0.268 e. The number of aliphatic hydroxyl groups excluding tert-OH is 1. The zero-order valence-corrected chi connectivity index (χ0v) is 38.2. The molecule has 0 rings (SSSR count). The first-order valence-electron chi connectivity index (χ1n) is 23.4. The Kier molecular flexibility index (Phi) is 38.3. The van der Waals surface area contributed by atoms with E-state index in [1.807, 2.05) is 27.2 Å². The average molecular weight is 811 g/mol. The summed E-state index contributed by atoms with van der Waals surface area (Å²) in [6.45, 7) is 4.60. The van der Waals surface area contributed by atoms with Gasteiger partial charge in [-0.15, -0.1) is 0 Å². The van der Waals surface area contributed by atoms with Gasteiger partial charge in [0, 0.05) is 6.42 Å². The Morgan fingerprint density at radius 1 is 0.625 bits per heavy atom. The fourth-order valence-electron chi connectivity index (χ4n) is 6.59. The van der Waals surface area contributed by atoms with Crippen molar-refractivity contribution in [3.05, 3.63) is 36.5 Å². The lowest BCUT2D eigenvalue weighted by Crippen LogP contribution is -2.45. The van der Waals surface area contributed by atoms with Gasteiger partial charge in [0.2, 0.25) is 5.91 Å². The van der Waals surface area contributed by atoms with Crippen molar-refractivity contribution in [3.63, 3.8) is 0 Å². The highest BCUT2D eigenvalue weighted by molar-refractivity contribution is 7.45. The zero-order valence-electron chi connectivity index (χ0n) is 37.3. The van der Waals surface area contributed by atoms with Gasteiger partial charge < -0.3 is 28.8 Å². The molecule has 8 nitrogen and oxygen atoms in total. The molecule has 0 aromatic carbocycles. The van der Waals surface area contributed by atoms with Gasteiger partial charge in [-0.2, -0.15) is 0 Å². The van der Waals surface area contributed by atoms with Crippen molar-refractivity contribution >= 4 is 13.7 Å². The minimum absolute atomic E-state index is 0.00121. The topological polar surface area (TPSA) is 108 Å². The van der Waals surface area contributed by atoms with Gasteiger partial charge in [0.05, 0.1) is 39.9 Å². The third kappa shape index (κ3) is 40.9. The summed E-state index contributed by atoms with van der Waals surface area (Å²) >= 11 is 0. The number of quaternary nitrogens is 1. The quantitative estimate of drug-likeness (QED) is 0.0275. The van der Waals surface area contributed by atoms with E-state index in [9.17, 15) is 19.4 Å². The lowest BCUT2D eigenvalue weighted by atomic mass is 10.0. The molecule has 0 aromatic heterocycles. The van der Waals surface area contributed by atoms with Crippen molar-refractivity contribution in [2.75, 3.05) is 40.9 Å². The van der Waals surface area contributed by atoms with Crippen LogP contribution in [0, 0.1) is 0 Å². The van der Waals surface area contributed by atoms with E-state index in [1.165, 1.54) is 141 Å². The normalized spacial score (nSPS) is 14.6. The first kappa shape index (κ1) is 54.7. The molecule has 0 aliphatic carbocycles. The number of hydrogen-bond acceptors (Lipinski definition) is 6. The third-order valence-corrected chi connectivity index (χ3v) is 11.3. The second kappa shape index (κ2) is 39.2. The van der Waals surface area contributed by atoms with Gasteiger partial charge in [-0.05, 0) is 51.4 Å². The molecule has 2 N–H and O–H groups in total. The summed E-state index contributed by atoms with van der Waals surface area (Å²) in [4.78, 5) is 25.2. The number of hydrogen-bond donors (Lipinski definition) is 2. The first-order chi connectivity index (χ1) is 27.0. The summed E-state index contributed by atoms with van der Waals surface area (Å²) in [7, 11) is 1.26. The molecule has 0 saturated heterocycles. The van der Waals surface area contributed by atoms with Gasteiger partial charge in [0.15, 0.2) is 0 Å². The molecule has 0 fully saturated rings. The molecule has 3 unspecified atom stereocenters. The Balaban J connectivity index is 4.15. The molecule has 0 aliphatic rings. The summed E-state index contributed by atoms with van der Waals surface area (Å²) in [5.74, 6) is -0.201. The number of unbranched alkanes of at least 4 members (excludes halogenated alkanes) is 25. The lowest BCUT2D eigenvalue weighted by molar-refractivity contribution is -0.870. The van der Waals surface area contributed by atoms with E-state index in [4.69, 9.17) is 9.05 Å². The molecule has 1 amide bonds. The highest BCUT2D eigenvalue weighted by atomic mass is 31.2. The second-order valence-electron chi connectivity index (χ2n) is 17.1. The van der Waals surface area contributed by atoms with E-state index in [0.29, 0.717) is 17.4 Å². The van der Waals surface area contributed by atoms with Gasteiger partial charge in [-0.1, -0.05) is 185 Å². The number of likely N-dealkylation sites (N-methyl/N-ethyl adjacent to an activating group) is 1. The van der Waals surface area contributed by atoms with E-state index in [1.54, 1.807) is 6.08 Å². The molecule has 0 saturated carbocycles. The van der Waals surface area contributed by atoms with E-state index in [0.717, 1.165) is 44.9 Å². The number of phosphoric ester groups is 1. The summed E-state index contributed by atoms with van der Waals surface area (Å²) in [6, 6.07) is -0.883. The van der Waals surface area contributed by atoms with Crippen LogP contribution in [0.5, 0.6) is 0 Å². The molecule has 0 aromatic rings. The molecule has 0 bridgehead atoms. The molecule has 0 aliphatic heterocycles. The van der Waals surface area contributed by atoms with E-state index < -0.39 is 20.0 Å². The van der Waals surface area contributed by atoms with Gasteiger partial charge in [0.25, 0.3) is 7.82 Å². The first-order valence-corrected chi connectivity index (χ1v) is 24.8. The van der Waals surface area contributed by atoms with Crippen LogP contribution in [-0.4, -0.2) is 68.5 Å². The fourth-order valence-corrected chi connectivity index (χ4v) is 7.32. The van der Waals surface area contributed by atoms with Crippen LogP contribution >= 0.6 is 7.82 Å². The molecule has 9 heteroatoms. The largest absolute Gasteiger partial charge is 0.756 e. The van der Waals surface area contributed by atoms with Crippen molar-refractivity contribution in [2.45, 2.75) is 219 Å². The van der Waals surface area contributed by atoms with Crippen molar-refractivity contribution in [1.29, 1.82) is 0 Å². The molecular formula is C47H91N2O6P. The maximum Gasteiger partial charge on any atom is 0.268 e. The Bertz CT molecular complexity index is 1010. The minimum atomic E-state index is -4.58. The van der Waals surface area contributed by atoms with Gasteiger partial charge in [-0.3, -0.25) is 9.36 Å². The SMILES string of the molecule is CCCCCCC/C=C\C/C=C\CCCCCCCCCCCCCCCC(=O)NC(COP(=O)([O-])OCC[N+](C)(C)C)C(O)/C=C/CCCCCCCCC. The van der Waals surface area contributed by atoms with Crippen LogP contribution in [0.3, 0.4) is 0 Å². The van der Waals surface area contributed by atoms with Crippen molar-refractivity contribution in [3.8, 4) is 0 Å². The summed E-state index contributed by atoms with van der Waals surface area (Å²) in [5.41, 5.74) is 0. The highest BCUT2D eigenvalue weighted by Gasteiger charge is 2.23. The molecule has 56 heavy (non-hydrogen) atoms. The maximum atomic E-state index is 12.8. The zero-order chi connectivity index (χ0) is 41.4. The van der Waals surface area contributed by atoms with Crippen molar-refractivity contribution < 1.29 is 32.9 Å². The van der Waals surface area contributed by atoms with Gasteiger partial charge in [0.1, 0.15) is 13.2 Å². The Hall–Kier alpha value is -1.28. The minimum Gasteiger partial charge on any atom is -0.756 e. The number of rotatable bonds is 42. The monoisotopic (exact) mass is 811 g/mol. The Labute approximate surface area is 347 Å².